The first-order valence-electron chi connectivity index (χ1n) is 10.3. The number of piperidine rings is 1. The first kappa shape index (κ1) is 18.6. The van der Waals surface area contributed by atoms with Gasteiger partial charge in [0.2, 0.25) is 0 Å². The third-order valence-corrected chi connectivity index (χ3v) is 8.02. The maximum Gasteiger partial charge on any atom is 0.266 e. The molecule has 0 radical (unpaired) electrons. The number of nitrogens with zero attached hydrogens (tertiary/aromatic N) is 2. The van der Waals surface area contributed by atoms with Gasteiger partial charge in [-0.1, -0.05) is 51.1 Å². The first-order chi connectivity index (χ1) is 13.8. The van der Waals surface area contributed by atoms with Gasteiger partial charge in [0, 0.05) is 23.5 Å². The second-order valence-electron chi connectivity index (χ2n) is 9.70. The molecule has 150 valence electrons. The van der Waals surface area contributed by atoms with Crippen LogP contribution in [0.4, 0.5) is 5.69 Å². The number of fused-ring (bicyclic) bond motifs is 3. The number of carbonyl (C=O) groups excluding carboxylic acids is 1. The Hall–Kier alpha value is -2.40. The number of hydrogen-bond donors (Lipinski definition) is 1. The topological polar surface area (TPSA) is 59.2 Å². The number of hydrogen-bond acceptors (Lipinski definition) is 4. The minimum Gasteiger partial charge on any atom is -0.397 e. The zero-order chi connectivity index (χ0) is 20.4. The van der Waals surface area contributed by atoms with E-state index in [1.165, 1.54) is 17.8 Å². The summed E-state index contributed by atoms with van der Waals surface area (Å²) in [7, 11) is 0. The number of likely N-dealkylation sites (tertiary alicyclic amines) is 1. The molecule has 0 spiro atoms. The summed E-state index contributed by atoms with van der Waals surface area (Å²) in [6, 6.07) is 14.4. The molecule has 1 aliphatic heterocycles. The number of thiophene rings is 1. The molecular formula is C24H27N3OS. The van der Waals surface area contributed by atoms with Crippen molar-refractivity contribution >= 4 is 33.1 Å². The Balaban J connectivity index is 1.52. The molecule has 1 amide bonds. The number of anilines is 1. The Kier molecular flexibility index (Phi) is 4.04. The Labute approximate surface area is 175 Å². The molecule has 2 aliphatic rings. The van der Waals surface area contributed by atoms with Gasteiger partial charge in [-0.25, -0.2) is 4.98 Å². The van der Waals surface area contributed by atoms with E-state index in [1.54, 1.807) is 0 Å². The number of aromatic nitrogens is 1. The molecule has 1 saturated carbocycles. The molecule has 2 fully saturated rings. The van der Waals surface area contributed by atoms with Gasteiger partial charge < -0.3 is 10.6 Å². The third-order valence-electron chi connectivity index (χ3n) is 6.92. The van der Waals surface area contributed by atoms with Gasteiger partial charge in [0.1, 0.15) is 9.71 Å². The van der Waals surface area contributed by atoms with Crippen LogP contribution in [0.3, 0.4) is 0 Å². The van der Waals surface area contributed by atoms with Crippen molar-refractivity contribution < 1.29 is 4.79 Å². The predicted molar refractivity (Wildman–Crippen MR) is 120 cm³/mol. The van der Waals surface area contributed by atoms with Crippen molar-refractivity contribution in [3.05, 3.63) is 47.3 Å². The average Bonchev–Trinajstić information content (AvgIpc) is 3.12. The van der Waals surface area contributed by atoms with Crippen molar-refractivity contribution in [1.82, 2.24) is 9.88 Å². The van der Waals surface area contributed by atoms with Crippen LogP contribution in [-0.4, -0.2) is 28.4 Å². The fraction of sp³-hybridized carbons (Fsp3) is 0.417. The summed E-state index contributed by atoms with van der Waals surface area (Å²) >= 11 is 1.43. The Bertz CT molecular complexity index is 1100. The summed E-state index contributed by atoms with van der Waals surface area (Å²) in [6.07, 6.45) is 3.34. The Morgan fingerprint density at radius 3 is 2.69 bits per heavy atom. The number of nitrogen functional groups attached to an aromatic ring is 1. The van der Waals surface area contributed by atoms with Gasteiger partial charge in [0.05, 0.1) is 11.4 Å². The Morgan fingerprint density at radius 2 is 1.93 bits per heavy atom. The van der Waals surface area contributed by atoms with Gasteiger partial charge in [-0.15, -0.1) is 11.3 Å². The lowest BCUT2D eigenvalue weighted by molar-refractivity contribution is 0.0480. The lowest BCUT2D eigenvalue weighted by atomic mass is 9.81. The van der Waals surface area contributed by atoms with Crippen LogP contribution in [0.2, 0.25) is 0 Å². The van der Waals surface area contributed by atoms with Crippen molar-refractivity contribution in [2.75, 3.05) is 12.3 Å². The zero-order valence-corrected chi connectivity index (χ0v) is 18.1. The SMILES string of the molecule is CC12CCN(C(=O)c3sc4nc(-c5ccccc5)ccc4c3N)C(C1)C(C)(C)C2. The van der Waals surface area contributed by atoms with Crippen LogP contribution in [0.25, 0.3) is 21.5 Å². The lowest BCUT2D eigenvalue weighted by Crippen LogP contribution is -2.48. The molecule has 3 heterocycles. The lowest BCUT2D eigenvalue weighted by Gasteiger charge is -2.40. The molecule has 2 atom stereocenters. The molecule has 4 nitrogen and oxygen atoms in total. The molecule has 1 aliphatic carbocycles. The number of amides is 1. The molecule has 5 rings (SSSR count). The van der Waals surface area contributed by atoms with Gasteiger partial charge in [-0.3, -0.25) is 4.79 Å². The molecule has 2 N–H and O–H groups in total. The van der Waals surface area contributed by atoms with Crippen molar-refractivity contribution in [1.29, 1.82) is 0 Å². The Morgan fingerprint density at radius 1 is 1.17 bits per heavy atom. The normalized spacial score (nSPS) is 25.5. The summed E-state index contributed by atoms with van der Waals surface area (Å²) < 4.78 is 0. The van der Waals surface area contributed by atoms with Crippen molar-refractivity contribution in [2.45, 2.75) is 46.1 Å². The van der Waals surface area contributed by atoms with E-state index in [1.807, 2.05) is 42.5 Å². The van der Waals surface area contributed by atoms with Crippen LogP contribution < -0.4 is 5.73 Å². The smallest absolute Gasteiger partial charge is 0.266 e. The largest absolute Gasteiger partial charge is 0.397 e. The molecule has 2 unspecified atom stereocenters. The molecular weight excluding hydrogens is 378 g/mol. The van der Waals surface area contributed by atoms with Gasteiger partial charge >= 0.3 is 0 Å². The maximum atomic E-state index is 13.6. The molecule has 1 saturated heterocycles. The van der Waals surface area contributed by atoms with Crippen LogP contribution in [-0.2, 0) is 0 Å². The highest BCUT2D eigenvalue weighted by Crippen LogP contribution is 2.56. The van der Waals surface area contributed by atoms with Gasteiger partial charge in [-0.2, -0.15) is 0 Å². The fourth-order valence-electron chi connectivity index (χ4n) is 5.60. The molecule has 5 heteroatoms. The van der Waals surface area contributed by atoms with Crippen LogP contribution in [0.5, 0.6) is 0 Å². The van der Waals surface area contributed by atoms with E-state index in [2.05, 4.69) is 25.7 Å². The molecule has 1 aromatic carbocycles. The van der Waals surface area contributed by atoms with E-state index in [0.29, 0.717) is 16.0 Å². The summed E-state index contributed by atoms with van der Waals surface area (Å²) in [5.74, 6) is 0.0776. The van der Waals surface area contributed by atoms with Gasteiger partial charge in [0.15, 0.2) is 0 Å². The second-order valence-corrected chi connectivity index (χ2v) is 10.7. The number of carbonyl (C=O) groups is 1. The summed E-state index contributed by atoms with van der Waals surface area (Å²) in [5, 5.41) is 0.880. The minimum atomic E-state index is 0.0776. The van der Waals surface area contributed by atoms with Crippen molar-refractivity contribution in [2.24, 2.45) is 10.8 Å². The van der Waals surface area contributed by atoms with Crippen LogP contribution in [0, 0.1) is 10.8 Å². The summed E-state index contributed by atoms with van der Waals surface area (Å²) in [4.78, 5) is 21.9. The first-order valence-corrected chi connectivity index (χ1v) is 11.1. The van der Waals surface area contributed by atoms with E-state index in [4.69, 9.17) is 10.7 Å². The zero-order valence-electron chi connectivity index (χ0n) is 17.2. The van der Waals surface area contributed by atoms with E-state index < -0.39 is 0 Å². The monoisotopic (exact) mass is 405 g/mol. The van der Waals surface area contributed by atoms with Crippen molar-refractivity contribution in [3.8, 4) is 11.3 Å². The number of benzene rings is 1. The van der Waals surface area contributed by atoms with Crippen LogP contribution in [0.15, 0.2) is 42.5 Å². The molecule has 2 aromatic heterocycles. The quantitative estimate of drug-likeness (QED) is 0.605. The highest BCUT2D eigenvalue weighted by Gasteiger charge is 2.53. The fourth-order valence-corrected chi connectivity index (χ4v) is 6.65. The van der Waals surface area contributed by atoms with Crippen molar-refractivity contribution in [3.63, 3.8) is 0 Å². The van der Waals surface area contributed by atoms with E-state index in [-0.39, 0.29) is 17.4 Å². The molecule has 2 bridgehead atoms. The number of rotatable bonds is 2. The molecule has 3 aromatic rings. The third kappa shape index (κ3) is 2.94. The standard InChI is InChI=1S/C24H27N3OS/c1-23(2)14-24(3)11-12-27(18(23)13-24)22(28)20-19(25)16-9-10-17(26-21(16)29-20)15-7-5-4-6-8-15/h4-10,18H,11-14,25H2,1-3H3. The second kappa shape index (κ2) is 6.30. The van der Waals surface area contributed by atoms with E-state index >= 15 is 0 Å². The van der Waals surface area contributed by atoms with Crippen LogP contribution >= 0.6 is 11.3 Å². The average molecular weight is 406 g/mol. The summed E-state index contributed by atoms with van der Waals surface area (Å²) in [6.45, 7) is 7.80. The van der Waals surface area contributed by atoms with Gasteiger partial charge in [0.25, 0.3) is 5.91 Å². The van der Waals surface area contributed by atoms with Crippen LogP contribution in [0.1, 0.15) is 49.7 Å². The highest BCUT2D eigenvalue weighted by atomic mass is 32.1. The maximum absolute atomic E-state index is 13.6. The highest BCUT2D eigenvalue weighted by molar-refractivity contribution is 7.21. The van der Waals surface area contributed by atoms with E-state index in [9.17, 15) is 4.79 Å². The van der Waals surface area contributed by atoms with Gasteiger partial charge in [-0.05, 0) is 42.2 Å². The van der Waals surface area contributed by atoms with E-state index in [0.717, 1.165) is 40.9 Å². The number of nitrogens with two attached hydrogens (primary N) is 1. The minimum absolute atomic E-state index is 0.0776. The predicted octanol–water partition coefficient (Wildman–Crippen LogP) is 5.59. The summed E-state index contributed by atoms with van der Waals surface area (Å²) in [5.41, 5.74) is 9.51. The molecule has 29 heavy (non-hydrogen) atoms. The number of pyridine rings is 1.